The highest BCUT2D eigenvalue weighted by molar-refractivity contribution is 8.00. The van der Waals surface area contributed by atoms with Gasteiger partial charge in [-0.25, -0.2) is 0 Å². The number of nitrogens with zero attached hydrogens (tertiary/aromatic N) is 1. The monoisotopic (exact) mass is 232 g/mol. The van der Waals surface area contributed by atoms with Crippen molar-refractivity contribution in [3.05, 3.63) is 0 Å². The maximum absolute atomic E-state index is 11.3. The van der Waals surface area contributed by atoms with Crippen LogP contribution in [0.2, 0.25) is 0 Å². The van der Waals surface area contributed by atoms with Crippen molar-refractivity contribution in [2.45, 2.75) is 13.0 Å². The van der Waals surface area contributed by atoms with E-state index in [0.717, 1.165) is 0 Å². The Bertz CT molecular complexity index is 294. The van der Waals surface area contributed by atoms with Crippen molar-refractivity contribution in [1.29, 1.82) is 0 Å². The fourth-order valence-electron chi connectivity index (χ4n) is 1.06. The zero-order chi connectivity index (χ0) is 11.4. The summed E-state index contributed by atoms with van der Waals surface area (Å²) in [5.41, 5.74) is 0. The summed E-state index contributed by atoms with van der Waals surface area (Å²) < 4.78 is 0. The summed E-state index contributed by atoms with van der Waals surface area (Å²) >= 11 is 1.44. The molecule has 1 atom stereocenters. The van der Waals surface area contributed by atoms with Crippen LogP contribution in [0.15, 0.2) is 0 Å². The van der Waals surface area contributed by atoms with Crippen LogP contribution >= 0.6 is 11.8 Å². The summed E-state index contributed by atoms with van der Waals surface area (Å²) in [4.78, 5) is 34.3. The molecule has 0 aromatic carbocycles. The van der Waals surface area contributed by atoms with Crippen LogP contribution in [0.5, 0.6) is 0 Å². The van der Waals surface area contributed by atoms with E-state index in [2.05, 4.69) is 5.32 Å². The van der Waals surface area contributed by atoms with Gasteiger partial charge in [0.05, 0.1) is 11.6 Å². The molecule has 84 valence electrons. The minimum Gasteiger partial charge on any atom is -0.480 e. The Hall–Kier alpha value is -1.24. The van der Waals surface area contributed by atoms with E-state index in [1.165, 1.54) is 23.6 Å². The zero-order valence-electron chi connectivity index (χ0n) is 8.23. The molecule has 6 nitrogen and oxygen atoms in total. The molecule has 1 heterocycles. The predicted octanol–water partition coefficient (Wildman–Crippen LogP) is -0.891. The average molecular weight is 232 g/mol. The number of carbonyl (C=O) groups excluding carboxylic acids is 2. The van der Waals surface area contributed by atoms with Crippen molar-refractivity contribution in [1.82, 2.24) is 10.2 Å². The summed E-state index contributed by atoms with van der Waals surface area (Å²) in [6.07, 6.45) is 0. The van der Waals surface area contributed by atoms with Gasteiger partial charge in [-0.05, 0) is 6.92 Å². The highest BCUT2D eigenvalue weighted by Crippen LogP contribution is 2.13. The summed E-state index contributed by atoms with van der Waals surface area (Å²) in [6, 6.07) is -0.928. The summed E-state index contributed by atoms with van der Waals surface area (Å²) in [5.74, 6) is -0.737. The standard InChI is InChI=1S/C8H12N2O4S/c1-5(8(13)14)9-6(11)2-10-4-15-3-7(10)12/h5H,2-4H2,1H3,(H,9,11)(H,13,14)/t5-/m1/s1. The maximum atomic E-state index is 11.3. The van der Waals surface area contributed by atoms with Gasteiger partial charge in [0.1, 0.15) is 12.6 Å². The van der Waals surface area contributed by atoms with Crippen LogP contribution in [0.4, 0.5) is 0 Å². The number of carboxylic acid groups (broad SMARTS) is 1. The van der Waals surface area contributed by atoms with E-state index in [-0.39, 0.29) is 12.5 Å². The molecule has 1 aliphatic heterocycles. The Morgan fingerprint density at radius 2 is 2.33 bits per heavy atom. The number of hydrogen-bond donors (Lipinski definition) is 2. The lowest BCUT2D eigenvalue weighted by molar-refractivity contribution is -0.141. The average Bonchev–Trinajstić information content (AvgIpc) is 2.51. The van der Waals surface area contributed by atoms with Gasteiger partial charge in [0, 0.05) is 0 Å². The minimum absolute atomic E-state index is 0.0660. The minimum atomic E-state index is -1.09. The quantitative estimate of drug-likeness (QED) is 0.656. The van der Waals surface area contributed by atoms with E-state index in [1.54, 1.807) is 0 Å². The largest absolute Gasteiger partial charge is 0.480 e. The van der Waals surface area contributed by atoms with Gasteiger partial charge in [-0.15, -0.1) is 11.8 Å². The van der Waals surface area contributed by atoms with Gasteiger partial charge in [-0.1, -0.05) is 0 Å². The van der Waals surface area contributed by atoms with E-state index in [4.69, 9.17) is 5.11 Å². The molecule has 0 unspecified atom stereocenters. The Kier molecular flexibility index (Phi) is 3.96. The Balaban J connectivity index is 2.35. The summed E-state index contributed by atoms with van der Waals surface area (Å²) in [5, 5.41) is 10.8. The molecular formula is C8H12N2O4S. The van der Waals surface area contributed by atoms with Gasteiger partial charge in [-0.3, -0.25) is 14.4 Å². The summed E-state index contributed by atoms with van der Waals surface area (Å²) in [7, 11) is 0. The van der Waals surface area contributed by atoms with Gasteiger partial charge in [0.25, 0.3) is 0 Å². The first kappa shape index (κ1) is 11.8. The molecule has 2 amide bonds. The molecule has 1 aliphatic rings. The number of rotatable bonds is 4. The molecule has 0 aromatic rings. The van der Waals surface area contributed by atoms with E-state index in [0.29, 0.717) is 11.6 Å². The number of carboxylic acids is 1. The fraction of sp³-hybridized carbons (Fsp3) is 0.625. The number of hydrogen-bond acceptors (Lipinski definition) is 4. The third-order valence-electron chi connectivity index (χ3n) is 1.91. The molecule has 0 bridgehead atoms. The van der Waals surface area contributed by atoms with Crippen molar-refractivity contribution in [3.8, 4) is 0 Å². The molecular weight excluding hydrogens is 220 g/mol. The maximum Gasteiger partial charge on any atom is 0.325 e. The highest BCUT2D eigenvalue weighted by Gasteiger charge is 2.24. The molecule has 1 rings (SSSR count). The number of thioether (sulfide) groups is 1. The molecule has 0 radical (unpaired) electrons. The van der Waals surface area contributed by atoms with Gasteiger partial charge in [0.15, 0.2) is 0 Å². The molecule has 15 heavy (non-hydrogen) atoms. The molecule has 0 spiro atoms. The van der Waals surface area contributed by atoms with E-state index < -0.39 is 17.9 Å². The Labute approximate surface area is 91.0 Å². The predicted molar refractivity (Wildman–Crippen MR) is 54.3 cm³/mol. The fourth-order valence-corrected chi connectivity index (χ4v) is 1.97. The van der Waals surface area contributed by atoms with Crippen molar-refractivity contribution >= 4 is 29.5 Å². The molecule has 0 aromatic heterocycles. The van der Waals surface area contributed by atoms with E-state index >= 15 is 0 Å². The summed E-state index contributed by atoms with van der Waals surface area (Å²) in [6.45, 7) is 1.31. The van der Waals surface area contributed by atoms with Crippen molar-refractivity contribution < 1.29 is 19.5 Å². The van der Waals surface area contributed by atoms with E-state index in [9.17, 15) is 14.4 Å². The normalized spacial score (nSPS) is 17.7. The smallest absolute Gasteiger partial charge is 0.325 e. The first-order valence-electron chi connectivity index (χ1n) is 4.38. The highest BCUT2D eigenvalue weighted by atomic mass is 32.2. The molecule has 2 N–H and O–H groups in total. The van der Waals surface area contributed by atoms with Gasteiger partial charge >= 0.3 is 5.97 Å². The lowest BCUT2D eigenvalue weighted by Crippen LogP contribution is -2.44. The van der Waals surface area contributed by atoms with Crippen LogP contribution < -0.4 is 5.32 Å². The van der Waals surface area contributed by atoms with Crippen LogP contribution in [-0.4, -0.2) is 52.0 Å². The molecule has 0 aliphatic carbocycles. The first-order valence-corrected chi connectivity index (χ1v) is 5.54. The molecule has 7 heteroatoms. The topological polar surface area (TPSA) is 86.7 Å². The number of amides is 2. The lowest BCUT2D eigenvalue weighted by atomic mass is 10.3. The van der Waals surface area contributed by atoms with Crippen molar-refractivity contribution in [3.63, 3.8) is 0 Å². The Morgan fingerprint density at radius 3 is 2.80 bits per heavy atom. The van der Waals surface area contributed by atoms with Crippen LogP contribution in [0.3, 0.4) is 0 Å². The van der Waals surface area contributed by atoms with Crippen molar-refractivity contribution in [2.24, 2.45) is 0 Å². The van der Waals surface area contributed by atoms with Gasteiger partial charge in [0.2, 0.25) is 11.8 Å². The van der Waals surface area contributed by atoms with Crippen LogP contribution in [-0.2, 0) is 14.4 Å². The van der Waals surface area contributed by atoms with Crippen LogP contribution in [0.1, 0.15) is 6.92 Å². The first-order chi connectivity index (χ1) is 7.00. The second-order valence-electron chi connectivity index (χ2n) is 3.20. The SMILES string of the molecule is C[C@@H](NC(=O)CN1CSCC1=O)C(=O)O. The Morgan fingerprint density at radius 1 is 1.67 bits per heavy atom. The number of carbonyl (C=O) groups is 3. The third-order valence-corrected chi connectivity index (χ3v) is 2.85. The lowest BCUT2D eigenvalue weighted by Gasteiger charge is -2.15. The zero-order valence-corrected chi connectivity index (χ0v) is 9.04. The van der Waals surface area contributed by atoms with Crippen LogP contribution in [0, 0.1) is 0 Å². The molecule has 0 saturated carbocycles. The second kappa shape index (κ2) is 5.01. The number of aliphatic carboxylic acids is 1. The molecule has 1 saturated heterocycles. The van der Waals surface area contributed by atoms with E-state index in [1.807, 2.05) is 0 Å². The van der Waals surface area contributed by atoms with Crippen LogP contribution in [0.25, 0.3) is 0 Å². The third kappa shape index (κ3) is 3.43. The van der Waals surface area contributed by atoms with Gasteiger partial charge < -0.3 is 15.3 Å². The molecule has 1 fully saturated rings. The second-order valence-corrected chi connectivity index (χ2v) is 4.15. The van der Waals surface area contributed by atoms with Gasteiger partial charge in [-0.2, -0.15) is 0 Å². The number of nitrogens with one attached hydrogen (secondary N) is 1. The van der Waals surface area contributed by atoms with Crippen molar-refractivity contribution in [2.75, 3.05) is 18.2 Å².